The summed E-state index contributed by atoms with van der Waals surface area (Å²) in [5.41, 5.74) is -1.92. The number of amides is 2. The van der Waals surface area contributed by atoms with Crippen LogP contribution in [0, 0.1) is 0 Å². The van der Waals surface area contributed by atoms with Crippen LogP contribution in [-0.4, -0.2) is 42.5 Å². The molecule has 0 heterocycles. The molecule has 0 fully saturated rings. The van der Waals surface area contributed by atoms with Gasteiger partial charge in [-0.2, -0.15) is 26.3 Å². The number of likely N-dealkylation sites (N-methyl/N-ethyl adjacent to an activating group) is 1. The van der Waals surface area contributed by atoms with Gasteiger partial charge < -0.3 is 10.2 Å². The predicted molar refractivity (Wildman–Crippen MR) is 72.1 cm³/mol. The number of nitrogens with one attached hydrogen (secondary N) is 1. The van der Waals surface area contributed by atoms with Gasteiger partial charge in [0.25, 0.3) is 5.91 Å². The summed E-state index contributed by atoms with van der Waals surface area (Å²) in [6.45, 7) is -0.450. The van der Waals surface area contributed by atoms with E-state index in [0.717, 1.165) is 26.1 Å². The molecule has 1 N–H and O–H groups in total. The second kappa shape index (κ2) is 7.10. The Balaban J connectivity index is 2.87. The Morgan fingerprint density at radius 3 is 2.17 bits per heavy atom. The minimum absolute atomic E-state index is 0.334. The van der Waals surface area contributed by atoms with Crippen LogP contribution in [0.3, 0.4) is 0 Å². The molecule has 2 amide bonds. The maximum Gasteiger partial charge on any atom is 0.417 e. The molecule has 10 heteroatoms. The molecule has 0 unspecified atom stereocenters. The molecule has 1 aromatic carbocycles. The van der Waals surface area contributed by atoms with Gasteiger partial charge in [0, 0.05) is 7.05 Å². The maximum absolute atomic E-state index is 12.8. The number of hydrogen-bond acceptors (Lipinski definition) is 2. The molecule has 1 atom stereocenters. The van der Waals surface area contributed by atoms with Gasteiger partial charge in [-0.3, -0.25) is 9.59 Å². The highest BCUT2D eigenvalue weighted by molar-refractivity contribution is 5.98. The first kappa shape index (κ1) is 19.8. The van der Waals surface area contributed by atoms with Crippen molar-refractivity contribution in [2.24, 2.45) is 0 Å². The quantitative estimate of drug-likeness (QED) is 0.844. The summed E-state index contributed by atoms with van der Waals surface area (Å²) in [6, 6.07) is 2.47. The largest absolute Gasteiger partial charge is 0.417 e. The molecule has 134 valence electrons. The van der Waals surface area contributed by atoms with Crippen LogP contribution >= 0.6 is 0 Å². The van der Waals surface area contributed by atoms with Crippen molar-refractivity contribution < 1.29 is 35.9 Å². The summed E-state index contributed by atoms with van der Waals surface area (Å²) in [7, 11) is 0.877. The number of carbonyl (C=O) groups excluding carboxylic acids is 2. The zero-order chi connectivity index (χ0) is 18.7. The number of rotatable bonds is 4. The van der Waals surface area contributed by atoms with E-state index >= 15 is 0 Å². The first-order valence-electron chi connectivity index (χ1n) is 6.61. The fraction of sp³-hybridized carbons (Fsp3) is 0.429. The van der Waals surface area contributed by atoms with Crippen LogP contribution in [0.15, 0.2) is 24.3 Å². The topological polar surface area (TPSA) is 49.4 Å². The minimum Gasteiger partial charge on any atom is -0.341 e. The Morgan fingerprint density at radius 1 is 1.12 bits per heavy atom. The van der Waals surface area contributed by atoms with Crippen LogP contribution in [0.2, 0.25) is 0 Å². The van der Waals surface area contributed by atoms with Crippen LogP contribution in [0.25, 0.3) is 0 Å². The number of alkyl halides is 6. The zero-order valence-electron chi connectivity index (χ0n) is 12.6. The second-order valence-corrected chi connectivity index (χ2v) is 5.05. The van der Waals surface area contributed by atoms with Crippen molar-refractivity contribution >= 4 is 11.8 Å². The van der Waals surface area contributed by atoms with E-state index in [4.69, 9.17) is 0 Å². The Hall–Kier alpha value is -2.26. The van der Waals surface area contributed by atoms with Crippen molar-refractivity contribution in [1.82, 2.24) is 10.2 Å². The lowest BCUT2D eigenvalue weighted by molar-refractivity contribution is -0.159. The fourth-order valence-electron chi connectivity index (χ4n) is 1.94. The summed E-state index contributed by atoms with van der Waals surface area (Å²) in [5.74, 6) is -2.28. The lowest BCUT2D eigenvalue weighted by Gasteiger charge is -2.23. The van der Waals surface area contributed by atoms with E-state index in [0.29, 0.717) is 11.0 Å². The van der Waals surface area contributed by atoms with Crippen molar-refractivity contribution in [2.75, 3.05) is 13.6 Å². The third-order valence-corrected chi connectivity index (χ3v) is 2.99. The molecule has 1 rings (SSSR count). The molecule has 0 spiro atoms. The summed E-state index contributed by atoms with van der Waals surface area (Å²) in [6.07, 6.45) is -9.41. The van der Waals surface area contributed by atoms with Gasteiger partial charge in [0.05, 0.1) is 11.1 Å². The first-order chi connectivity index (χ1) is 10.8. The standard InChI is InChI=1S/C14H14F6N2O2/c1-8(12(24)22(2)7-13(15,16)17)21-11(23)9-5-3-4-6-10(9)14(18,19)20/h3-6,8H,7H2,1-2H3,(H,21,23)/t8-/m1/s1. The maximum atomic E-state index is 12.8. The summed E-state index contributed by atoms with van der Waals surface area (Å²) < 4.78 is 75.2. The lowest BCUT2D eigenvalue weighted by atomic mass is 10.1. The van der Waals surface area contributed by atoms with E-state index in [-0.39, 0.29) is 0 Å². The van der Waals surface area contributed by atoms with Crippen LogP contribution in [0.4, 0.5) is 26.3 Å². The molecule has 0 radical (unpaired) electrons. The Kier molecular flexibility index (Phi) is 5.85. The van der Waals surface area contributed by atoms with Gasteiger partial charge in [-0.25, -0.2) is 0 Å². The number of hydrogen-bond donors (Lipinski definition) is 1. The molecule has 0 saturated heterocycles. The minimum atomic E-state index is -4.78. The predicted octanol–water partition coefficient (Wildman–Crippen LogP) is 2.84. The third-order valence-electron chi connectivity index (χ3n) is 2.99. The molecular weight excluding hydrogens is 342 g/mol. The smallest absolute Gasteiger partial charge is 0.341 e. The highest BCUT2D eigenvalue weighted by Gasteiger charge is 2.36. The molecule has 0 saturated carbocycles. The second-order valence-electron chi connectivity index (χ2n) is 5.05. The molecule has 0 aliphatic carbocycles. The lowest BCUT2D eigenvalue weighted by Crippen LogP contribution is -2.48. The summed E-state index contributed by atoms with van der Waals surface area (Å²) in [4.78, 5) is 24.0. The molecule has 4 nitrogen and oxygen atoms in total. The first-order valence-corrected chi connectivity index (χ1v) is 6.61. The monoisotopic (exact) mass is 356 g/mol. The average molecular weight is 356 g/mol. The molecule has 0 bridgehead atoms. The molecule has 24 heavy (non-hydrogen) atoms. The van der Waals surface area contributed by atoms with Crippen molar-refractivity contribution in [3.8, 4) is 0 Å². The van der Waals surface area contributed by atoms with Gasteiger partial charge in [-0.15, -0.1) is 0 Å². The Morgan fingerprint density at radius 2 is 1.67 bits per heavy atom. The van der Waals surface area contributed by atoms with Crippen molar-refractivity contribution in [2.45, 2.75) is 25.3 Å². The Bertz CT molecular complexity index is 612. The van der Waals surface area contributed by atoms with Crippen LogP contribution < -0.4 is 5.32 Å². The number of halogens is 6. The summed E-state index contributed by atoms with van der Waals surface area (Å²) in [5, 5.41) is 1.98. The fourth-order valence-corrected chi connectivity index (χ4v) is 1.94. The average Bonchev–Trinajstić information content (AvgIpc) is 2.43. The number of benzene rings is 1. The van der Waals surface area contributed by atoms with E-state index in [2.05, 4.69) is 0 Å². The van der Waals surface area contributed by atoms with Gasteiger partial charge in [0.1, 0.15) is 12.6 Å². The van der Waals surface area contributed by atoms with Gasteiger partial charge in [-0.05, 0) is 19.1 Å². The van der Waals surface area contributed by atoms with Crippen molar-refractivity contribution in [3.05, 3.63) is 35.4 Å². The van der Waals surface area contributed by atoms with E-state index < -0.39 is 47.9 Å². The van der Waals surface area contributed by atoms with Crippen LogP contribution in [0.1, 0.15) is 22.8 Å². The van der Waals surface area contributed by atoms with Gasteiger partial charge in [0.2, 0.25) is 5.91 Å². The normalized spacial score (nSPS) is 13.3. The van der Waals surface area contributed by atoms with E-state index in [1.165, 1.54) is 6.07 Å². The third kappa shape index (κ3) is 5.43. The molecule has 0 aliphatic rings. The molecular formula is C14H14F6N2O2. The molecule has 0 aliphatic heterocycles. The SMILES string of the molecule is C[C@@H](NC(=O)c1ccccc1C(F)(F)F)C(=O)N(C)CC(F)(F)F. The highest BCUT2D eigenvalue weighted by atomic mass is 19.4. The van der Waals surface area contributed by atoms with E-state index in [9.17, 15) is 35.9 Å². The molecule has 1 aromatic rings. The van der Waals surface area contributed by atoms with Crippen molar-refractivity contribution in [3.63, 3.8) is 0 Å². The van der Waals surface area contributed by atoms with Gasteiger partial charge in [-0.1, -0.05) is 12.1 Å². The summed E-state index contributed by atoms with van der Waals surface area (Å²) >= 11 is 0. The van der Waals surface area contributed by atoms with E-state index in [1.54, 1.807) is 0 Å². The van der Waals surface area contributed by atoms with Crippen LogP contribution in [0.5, 0.6) is 0 Å². The van der Waals surface area contributed by atoms with Crippen molar-refractivity contribution in [1.29, 1.82) is 0 Å². The number of carbonyl (C=O) groups is 2. The highest BCUT2D eigenvalue weighted by Crippen LogP contribution is 2.31. The van der Waals surface area contributed by atoms with Gasteiger partial charge in [0.15, 0.2) is 0 Å². The van der Waals surface area contributed by atoms with E-state index in [1.807, 2.05) is 5.32 Å². The number of nitrogens with zero attached hydrogens (tertiary/aromatic N) is 1. The zero-order valence-corrected chi connectivity index (χ0v) is 12.6. The van der Waals surface area contributed by atoms with Crippen LogP contribution in [-0.2, 0) is 11.0 Å². The molecule has 0 aromatic heterocycles. The Labute approximate surface area is 133 Å². The van der Waals surface area contributed by atoms with Gasteiger partial charge >= 0.3 is 12.4 Å².